The lowest BCUT2D eigenvalue weighted by atomic mass is 9.93. The first-order chi connectivity index (χ1) is 16.4. The van der Waals surface area contributed by atoms with Crippen molar-refractivity contribution in [1.82, 2.24) is 5.73 Å². The lowest BCUT2D eigenvalue weighted by molar-refractivity contribution is -0.137. The number of carboxylic acids is 1. The largest absolute Gasteiger partial charge is 0.481 e. The number of carbonyl (C=O) groups is 2. The molecule has 0 aromatic heterocycles. The number of nitrogens with one attached hydrogen (secondary N) is 2. The molecule has 3 aromatic rings. The summed E-state index contributed by atoms with van der Waals surface area (Å²) in [5.41, 5.74) is 12.7. The van der Waals surface area contributed by atoms with Crippen LogP contribution < -0.4 is 20.5 Å². The van der Waals surface area contributed by atoms with Crippen molar-refractivity contribution in [2.75, 3.05) is 12.1 Å². The van der Waals surface area contributed by atoms with E-state index in [2.05, 4.69) is 5.32 Å². The van der Waals surface area contributed by atoms with E-state index >= 15 is 0 Å². The lowest BCUT2D eigenvalue weighted by Crippen LogP contribution is -2.27. The molecule has 0 spiro atoms. The van der Waals surface area contributed by atoms with Crippen molar-refractivity contribution < 1.29 is 24.2 Å². The van der Waals surface area contributed by atoms with Gasteiger partial charge in [0.2, 0.25) is 12.7 Å². The first kappa shape index (κ1) is 22.0. The number of anilines is 1. The fourth-order valence-electron chi connectivity index (χ4n) is 4.44. The van der Waals surface area contributed by atoms with Gasteiger partial charge in [-0.1, -0.05) is 30.3 Å². The van der Waals surface area contributed by atoms with Gasteiger partial charge in [0.15, 0.2) is 11.5 Å². The van der Waals surface area contributed by atoms with Crippen molar-refractivity contribution in [3.63, 3.8) is 0 Å². The van der Waals surface area contributed by atoms with Gasteiger partial charge in [-0.3, -0.25) is 9.59 Å². The molecule has 2 aliphatic rings. The SMILES string of the molecule is Cc1ccc(NC(=O)C2(c3ccc4c(c3)OCO4)CC2)cc1-c1cccc(C([NH])CC(=O)O)c1. The first-order valence-electron chi connectivity index (χ1n) is 11.2. The molecule has 1 saturated carbocycles. The molecular formula is C27H25N2O5. The number of benzene rings is 3. The zero-order chi connectivity index (χ0) is 23.9. The Morgan fingerprint density at radius 1 is 1.06 bits per heavy atom. The lowest BCUT2D eigenvalue weighted by Gasteiger charge is -2.18. The Morgan fingerprint density at radius 2 is 1.85 bits per heavy atom. The predicted molar refractivity (Wildman–Crippen MR) is 127 cm³/mol. The van der Waals surface area contributed by atoms with Crippen LogP contribution in [0.15, 0.2) is 60.7 Å². The van der Waals surface area contributed by atoms with Crippen molar-refractivity contribution in [1.29, 1.82) is 0 Å². The third-order valence-corrected chi connectivity index (χ3v) is 6.58. The Kier molecular flexibility index (Phi) is 5.49. The highest BCUT2D eigenvalue weighted by Crippen LogP contribution is 2.51. The van der Waals surface area contributed by atoms with Crippen LogP contribution in [0.3, 0.4) is 0 Å². The molecule has 1 aliphatic carbocycles. The van der Waals surface area contributed by atoms with Crippen LogP contribution in [0.5, 0.6) is 11.5 Å². The summed E-state index contributed by atoms with van der Waals surface area (Å²) in [5.74, 6) is 0.318. The molecule has 1 radical (unpaired) electrons. The van der Waals surface area contributed by atoms with Gasteiger partial charge in [-0.05, 0) is 77.9 Å². The molecule has 5 rings (SSSR count). The second kappa shape index (κ2) is 8.50. The summed E-state index contributed by atoms with van der Waals surface area (Å²) >= 11 is 0. The van der Waals surface area contributed by atoms with Gasteiger partial charge < -0.3 is 19.9 Å². The van der Waals surface area contributed by atoms with Gasteiger partial charge >= 0.3 is 5.97 Å². The average molecular weight is 458 g/mol. The topological polar surface area (TPSA) is 109 Å². The van der Waals surface area contributed by atoms with E-state index in [9.17, 15) is 9.59 Å². The highest BCUT2D eigenvalue weighted by Gasteiger charge is 2.51. The smallest absolute Gasteiger partial charge is 0.305 e. The zero-order valence-electron chi connectivity index (χ0n) is 18.8. The van der Waals surface area contributed by atoms with Crippen molar-refractivity contribution in [3.05, 3.63) is 77.4 Å². The maximum Gasteiger partial charge on any atom is 0.305 e. The van der Waals surface area contributed by atoms with Crippen LogP contribution in [0.25, 0.3) is 11.1 Å². The van der Waals surface area contributed by atoms with Crippen LogP contribution in [0.4, 0.5) is 5.69 Å². The molecule has 7 heteroatoms. The van der Waals surface area contributed by atoms with E-state index in [0.717, 1.165) is 35.1 Å². The van der Waals surface area contributed by atoms with E-state index in [4.69, 9.17) is 20.3 Å². The van der Waals surface area contributed by atoms with Crippen molar-refractivity contribution in [2.45, 2.75) is 37.6 Å². The van der Waals surface area contributed by atoms with Crippen LogP contribution in [-0.4, -0.2) is 23.8 Å². The molecule has 1 unspecified atom stereocenters. The normalized spacial score (nSPS) is 16.1. The Morgan fingerprint density at radius 3 is 2.62 bits per heavy atom. The van der Waals surface area contributed by atoms with Crippen molar-refractivity contribution in [3.8, 4) is 22.6 Å². The summed E-state index contributed by atoms with van der Waals surface area (Å²) in [6.07, 6.45) is 1.29. The van der Waals surface area contributed by atoms with Gasteiger partial charge in [-0.25, -0.2) is 5.73 Å². The summed E-state index contributed by atoms with van der Waals surface area (Å²) in [4.78, 5) is 24.3. The molecule has 0 bridgehead atoms. The number of hydrogen-bond donors (Lipinski definition) is 2. The van der Waals surface area contributed by atoms with Crippen molar-refractivity contribution >= 4 is 17.6 Å². The van der Waals surface area contributed by atoms with E-state index in [1.165, 1.54) is 0 Å². The zero-order valence-corrected chi connectivity index (χ0v) is 18.8. The van der Waals surface area contributed by atoms with Crippen molar-refractivity contribution in [2.24, 2.45) is 0 Å². The molecule has 3 aromatic carbocycles. The third kappa shape index (κ3) is 4.10. The van der Waals surface area contributed by atoms with Crippen LogP contribution >= 0.6 is 0 Å². The van der Waals surface area contributed by atoms with Crippen LogP contribution in [0, 0.1) is 6.92 Å². The van der Waals surface area contributed by atoms with Gasteiger partial charge in [-0.15, -0.1) is 0 Å². The monoisotopic (exact) mass is 457 g/mol. The third-order valence-electron chi connectivity index (χ3n) is 6.58. The quantitative estimate of drug-likeness (QED) is 0.527. The fourth-order valence-corrected chi connectivity index (χ4v) is 4.44. The molecular weight excluding hydrogens is 432 g/mol. The molecule has 1 amide bonds. The molecule has 1 aliphatic heterocycles. The number of carboxylic acid groups (broad SMARTS) is 1. The minimum atomic E-state index is -0.997. The minimum absolute atomic E-state index is 0.0531. The van der Waals surface area contributed by atoms with E-state index in [1.54, 1.807) is 6.07 Å². The Hall–Kier alpha value is -3.84. The number of ether oxygens (including phenoxy) is 2. The molecule has 3 N–H and O–H groups in total. The average Bonchev–Trinajstić information content (AvgIpc) is 3.51. The van der Waals surface area contributed by atoms with E-state index in [0.29, 0.717) is 22.7 Å². The summed E-state index contributed by atoms with van der Waals surface area (Å²) in [6.45, 7) is 2.18. The molecule has 1 atom stereocenters. The summed E-state index contributed by atoms with van der Waals surface area (Å²) in [7, 11) is 0. The van der Waals surface area contributed by atoms with Gasteiger partial charge in [0.25, 0.3) is 0 Å². The van der Waals surface area contributed by atoms with E-state index < -0.39 is 17.4 Å². The molecule has 0 saturated heterocycles. The highest BCUT2D eigenvalue weighted by atomic mass is 16.7. The number of hydrogen-bond acceptors (Lipinski definition) is 4. The number of amides is 1. The predicted octanol–water partition coefficient (Wildman–Crippen LogP) is 4.86. The number of carbonyl (C=O) groups excluding carboxylic acids is 1. The standard InChI is InChI=1S/C27H25N2O5/c1-16-5-7-20(13-21(16)17-3-2-4-18(11-17)22(28)14-25(30)31)29-26(32)27(9-10-27)19-6-8-23-24(12-19)34-15-33-23/h2-8,11-13,22,28H,9-10,14-15H2,1H3,(H,29,32)(H,30,31). The minimum Gasteiger partial charge on any atom is -0.481 e. The Balaban J connectivity index is 1.38. The highest BCUT2D eigenvalue weighted by molar-refractivity contribution is 6.02. The van der Waals surface area contributed by atoms with Gasteiger partial charge in [0.05, 0.1) is 17.9 Å². The summed E-state index contributed by atoms with van der Waals surface area (Å²) in [5, 5.41) is 12.1. The van der Waals surface area contributed by atoms with Gasteiger partial charge in [0.1, 0.15) is 0 Å². The fraction of sp³-hybridized carbons (Fsp3) is 0.259. The Bertz CT molecular complexity index is 1280. The number of aryl methyl sites for hydroxylation is 1. The number of rotatable bonds is 7. The first-order valence-corrected chi connectivity index (χ1v) is 11.2. The molecule has 34 heavy (non-hydrogen) atoms. The summed E-state index contributed by atoms with van der Waals surface area (Å²) in [6, 6.07) is 18.0. The van der Waals surface area contributed by atoms with Gasteiger partial charge in [0, 0.05) is 5.69 Å². The van der Waals surface area contributed by atoms with Gasteiger partial charge in [-0.2, -0.15) is 0 Å². The maximum atomic E-state index is 13.3. The molecule has 7 nitrogen and oxygen atoms in total. The molecule has 1 fully saturated rings. The maximum absolute atomic E-state index is 13.3. The van der Waals surface area contributed by atoms with Crippen LogP contribution in [0.1, 0.15) is 42.0 Å². The van der Waals surface area contributed by atoms with Crippen LogP contribution in [-0.2, 0) is 15.0 Å². The number of aliphatic carboxylic acids is 1. The van der Waals surface area contributed by atoms with Crippen LogP contribution in [0.2, 0.25) is 0 Å². The second-order valence-electron chi connectivity index (χ2n) is 8.91. The van der Waals surface area contributed by atoms with E-state index in [-0.39, 0.29) is 19.1 Å². The second-order valence-corrected chi connectivity index (χ2v) is 8.91. The molecule has 1 heterocycles. The number of fused-ring (bicyclic) bond motifs is 1. The Labute approximate surface area is 197 Å². The van der Waals surface area contributed by atoms with E-state index in [1.807, 2.05) is 61.5 Å². The molecule has 173 valence electrons. The summed E-state index contributed by atoms with van der Waals surface area (Å²) < 4.78 is 10.9.